The van der Waals surface area contributed by atoms with Crippen molar-refractivity contribution in [1.29, 1.82) is 0 Å². The molecule has 0 saturated carbocycles. The molecule has 234 valence electrons. The lowest BCUT2D eigenvalue weighted by Crippen LogP contribution is -2.41. The van der Waals surface area contributed by atoms with E-state index in [4.69, 9.17) is 11.5 Å². The van der Waals surface area contributed by atoms with E-state index in [0.717, 1.165) is 5.39 Å². The fourth-order valence-electron chi connectivity index (χ4n) is 4.87. The first-order valence-electron chi connectivity index (χ1n) is 14.1. The number of amides is 2. The number of hydrogen-bond acceptors (Lipinski definition) is 11. The van der Waals surface area contributed by atoms with Gasteiger partial charge in [-0.3, -0.25) is 9.59 Å². The average molecular weight is 624 g/mol. The molecule has 2 heterocycles. The molecule has 0 spiro atoms. The van der Waals surface area contributed by atoms with E-state index in [1.54, 1.807) is 30.3 Å². The lowest BCUT2D eigenvalue weighted by molar-refractivity contribution is -0.139. The summed E-state index contributed by atoms with van der Waals surface area (Å²) in [6, 6.07) is 15.0. The Morgan fingerprint density at radius 3 is 2.26 bits per heavy atom. The molecule has 0 unspecified atom stereocenters. The predicted octanol–water partition coefficient (Wildman–Crippen LogP) is 2.44. The molecule has 0 saturated heterocycles. The highest BCUT2D eigenvalue weighted by Gasteiger charge is 2.22. The van der Waals surface area contributed by atoms with Crippen LogP contribution in [0.1, 0.15) is 49.6 Å². The smallest absolute Gasteiger partial charge is 0.336 e. The Morgan fingerprint density at radius 1 is 0.804 bits per heavy atom. The van der Waals surface area contributed by atoms with Gasteiger partial charge in [0.1, 0.15) is 6.04 Å². The molecule has 2 amide bonds. The van der Waals surface area contributed by atoms with Crippen LogP contribution in [0.3, 0.4) is 0 Å². The zero-order chi connectivity index (χ0) is 32.8. The highest BCUT2D eigenvalue weighted by Crippen LogP contribution is 2.27. The highest BCUT2D eigenvalue weighted by molar-refractivity contribution is 6.11. The standard InChI is InChI=1S/C31H29N9O6/c32-25-24-26(40-31(33)39-25)36-15-16(37-24)14-35-22-12-11-20(17-6-1-2-7-18(17)22)28(42)38-23(30(45)46)10-5-13-34-27(41)19-8-3-4-9-21(19)29(43)44/h1-4,6-9,11-12,15,23,35H,5,10,13-14H2,(H,34,41)(H,38,42)(H,43,44)(H,45,46)(H4,32,33,36,39,40)/t23-/m0/s1. The molecule has 5 aromatic rings. The zero-order valence-electron chi connectivity index (χ0n) is 24.2. The van der Waals surface area contributed by atoms with Crippen molar-refractivity contribution in [2.75, 3.05) is 23.3 Å². The number of carbonyl (C=O) groups excluding carboxylic acids is 2. The summed E-state index contributed by atoms with van der Waals surface area (Å²) < 4.78 is 0. The Bertz CT molecular complexity index is 1980. The van der Waals surface area contributed by atoms with Gasteiger partial charge in [0.05, 0.1) is 29.6 Å². The Kier molecular flexibility index (Phi) is 9.12. The van der Waals surface area contributed by atoms with E-state index in [1.165, 1.54) is 24.4 Å². The van der Waals surface area contributed by atoms with Crippen molar-refractivity contribution >= 4 is 63.1 Å². The summed E-state index contributed by atoms with van der Waals surface area (Å²) in [5.74, 6) is -3.52. The molecule has 0 radical (unpaired) electrons. The second-order valence-electron chi connectivity index (χ2n) is 10.2. The van der Waals surface area contributed by atoms with Gasteiger partial charge in [0.15, 0.2) is 17.0 Å². The van der Waals surface area contributed by atoms with Gasteiger partial charge in [-0.05, 0) is 42.5 Å². The van der Waals surface area contributed by atoms with Crippen LogP contribution < -0.4 is 27.4 Å². The maximum atomic E-state index is 13.3. The summed E-state index contributed by atoms with van der Waals surface area (Å²) in [6.07, 6.45) is 1.77. The summed E-state index contributed by atoms with van der Waals surface area (Å²) in [5.41, 5.74) is 13.5. The molecule has 9 N–H and O–H groups in total. The number of carboxylic acids is 2. The maximum Gasteiger partial charge on any atom is 0.336 e. The molecule has 2 aromatic heterocycles. The number of benzene rings is 3. The first kappa shape index (κ1) is 31.1. The lowest BCUT2D eigenvalue weighted by Gasteiger charge is -2.17. The number of aliphatic carboxylic acids is 1. The first-order chi connectivity index (χ1) is 22.1. The molecule has 0 aliphatic heterocycles. The topological polar surface area (TPSA) is 248 Å². The Balaban J connectivity index is 1.24. The molecule has 0 aliphatic rings. The van der Waals surface area contributed by atoms with Gasteiger partial charge in [0, 0.05) is 23.2 Å². The fraction of sp³-hybridized carbons (Fsp3) is 0.161. The van der Waals surface area contributed by atoms with Crippen LogP contribution >= 0.6 is 0 Å². The van der Waals surface area contributed by atoms with E-state index in [9.17, 15) is 29.4 Å². The molecule has 15 heteroatoms. The number of nitrogens with zero attached hydrogens (tertiary/aromatic N) is 4. The van der Waals surface area contributed by atoms with Crippen molar-refractivity contribution in [1.82, 2.24) is 30.6 Å². The van der Waals surface area contributed by atoms with Crippen LogP contribution in [0.2, 0.25) is 0 Å². The van der Waals surface area contributed by atoms with Crippen molar-refractivity contribution in [3.63, 3.8) is 0 Å². The van der Waals surface area contributed by atoms with Crippen molar-refractivity contribution < 1.29 is 29.4 Å². The largest absolute Gasteiger partial charge is 0.480 e. The first-order valence-corrected chi connectivity index (χ1v) is 14.1. The highest BCUT2D eigenvalue weighted by atomic mass is 16.4. The molecular formula is C31H29N9O6. The lowest BCUT2D eigenvalue weighted by atomic mass is 10.0. The summed E-state index contributed by atoms with van der Waals surface area (Å²) in [4.78, 5) is 65.8. The van der Waals surface area contributed by atoms with E-state index < -0.39 is 29.8 Å². The molecule has 46 heavy (non-hydrogen) atoms. The number of aromatic carboxylic acids is 1. The SMILES string of the molecule is Nc1nc(N)c2nc(CNc3ccc(C(=O)N[C@@H](CCCNC(=O)c4ccccc4C(=O)O)C(=O)O)c4ccccc34)cnc2n1. The third-order valence-corrected chi connectivity index (χ3v) is 7.09. The van der Waals surface area contributed by atoms with Crippen molar-refractivity contribution in [2.45, 2.75) is 25.4 Å². The Hall–Kier alpha value is -6.38. The van der Waals surface area contributed by atoms with Crippen LogP contribution in [-0.4, -0.2) is 66.5 Å². The van der Waals surface area contributed by atoms with E-state index in [1.807, 2.05) is 12.1 Å². The van der Waals surface area contributed by atoms with Crippen molar-refractivity contribution in [3.05, 3.63) is 89.2 Å². The van der Waals surface area contributed by atoms with Gasteiger partial charge < -0.3 is 37.6 Å². The minimum atomic E-state index is -1.23. The monoisotopic (exact) mass is 623 g/mol. The molecular weight excluding hydrogens is 594 g/mol. The maximum absolute atomic E-state index is 13.3. The molecule has 15 nitrogen and oxygen atoms in total. The van der Waals surface area contributed by atoms with Crippen LogP contribution in [0.15, 0.2) is 66.9 Å². The molecule has 0 aliphatic carbocycles. The summed E-state index contributed by atoms with van der Waals surface area (Å²) in [7, 11) is 0. The number of nitrogen functional groups attached to an aromatic ring is 2. The Morgan fingerprint density at radius 2 is 1.52 bits per heavy atom. The summed E-state index contributed by atoms with van der Waals surface area (Å²) in [5, 5.41) is 28.8. The number of aromatic nitrogens is 4. The summed E-state index contributed by atoms with van der Waals surface area (Å²) in [6.45, 7) is 0.340. The van der Waals surface area contributed by atoms with Crippen LogP contribution in [-0.2, 0) is 11.3 Å². The van der Waals surface area contributed by atoms with Gasteiger partial charge in [-0.25, -0.2) is 19.6 Å². The van der Waals surface area contributed by atoms with E-state index >= 15 is 0 Å². The van der Waals surface area contributed by atoms with E-state index in [2.05, 4.69) is 35.9 Å². The van der Waals surface area contributed by atoms with Crippen LogP contribution in [0.4, 0.5) is 17.5 Å². The fourth-order valence-corrected chi connectivity index (χ4v) is 4.87. The quantitative estimate of drug-likeness (QED) is 0.0988. The number of fused-ring (bicyclic) bond motifs is 2. The molecule has 1 atom stereocenters. The van der Waals surface area contributed by atoms with E-state index in [-0.39, 0.29) is 60.0 Å². The second kappa shape index (κ2) is 13.5. The van der Waals surface area contributed by atoms with Crippen LogP contribution in [0.5, 0.6) is 0 Å². The molecule has 0 fully saturated rings. The van der Waals surface area contributed by atoms with Crippen LogP contribution in [0.25, 0.3) is 21.9 Å². The minimum Gasteiger partial charge on any atom is -0.480 e. The van der Waals surface area contributed by atoms with Crippen molar-refractivity contribution in [2.24, 2.45) is 0 Å². The van der Waals surface area contributed by atoms with Crippen LogP contribution in [0, 0.1) is 0 Å². The van der Waals surface area contributed by atoms with Gasteiger partial charge in [-0.1, -0.05) is 36.4 Å². The summed E-state index contributed by atoms with van der Waals surface area (Å²) >= 11 is 0. The molecule has 5 rings (SSSR count). The number of rotatable bonds is 12. The minimum absolute atomic E-state index is 0.000369. The molecule has 0 bridgehead atoms. The van der Waals surface area contributed by atoms with Gasteiger partial charge in [-0.2, -0.15) is 9.97 Å². The Labute approximate surface area is 261 Å². The van der Waals surface area contributed by atoms with Crippen molar-refractivity contribution in [3.8, 4) is 0 Å². The molecule has 3 aromatic carbocycles. The zero-order valence-corrected chi connectivity index (χ0v) is 24.2. The predicted molar refractivity (Wildman–Crippen MR) is 169 cm³/mol. The third-order valence-electron chi connectivity index (χ3n) is 7.09. The second-order valence-corrected chi connectivity index (χ2v) is 10.2. The number of nitrogens with two attached hydrogens (primary N) is 2. The van der Waals surface area contributed by atoms with Gasteiger partial charge in [-0.15, -0.1) is 0 Å². The average Bonchev–Trinajstić information content (AvgIpc) is 3.04. The number of anilines is 3. The third kappa shape index (κ3) is 6.88. The van der Waals surface area contributed by atoms with Gasteiger partial charge >= 0.3 is 11.9 Å². The number of carbonyl (C=O) groups is 4. The van der Waals surface area contributed by atoms with E-state index in [0.29, 0.717) is 22.3 Å². The van der Waals surface area contributed by atoms with Gasteiger partial charge in [0.25, 0.3) is 11.8 Å². The number of hydrogen-bond donors (Lipinski definition) is 7. The van der Waals surface area contributed by atoms with Gasteiger partial charge in [0.2, 0.25) is 5.95 Å². The number of carboxylic acid groups (broad SMARTS) is 2. The number of nitrogens with one attached hydrogen (secondary N) is 3. The normalized spacial score (nSPS) is 11.6.